The van der Waals surface area contributed by atoms with Crippen LogP contribution in [0.15, 0.2) is 109 Å². The van der Waals surface area contributed by atoms with Gasteiger partial charge in [0, 0.05) is 34.6 Å². The number of carbonyl (C=O) groups is 3. The molecule has 0 aliphatic carbocycles. The number of nitrogens with zero attached hydrogens (tertiary/aromatic N) is 1. The predicted molar refractivity (Wildman–Crippen MR) is 151 cm³/mol. The Hall–Kier alpha value is -4.91. The van der Waals surface area contributed by atoms with Crippen molar-refractivity contribution in [3.8, 4) is 0 Å². The van der Waals surface area contributed by atoms with E-state index >= 15 is 0 Å². The highest BCUT2D eigenvalue weighted by Crippen LogP contribution is 2.28. The number of carboxylic acid groups (broad SMARTS) is 1. The van der Waals surface area contributed by atoms with Crippen LogP contribution in [0.1, 0.15) is 11.1 Å². The minimum Gasteiger partial charge on any atom is -0.480 e. The third kappa shape index (κ3) is 5.99. The Morgan fingerprint density at radius 2 is 1.08 bits per heavy atom. The number of para-hydroxylation sites is 2. The van der Waals surface area contributed by atoms with E-state index in [1.54, 1.807) is 0 Å². The van der Waals surface area contributed by atoms with Gasteiger partial charge in [-0.1, -0.05) is 97.1 Å². The SMILES string of the molecule is O=C(Cn1c2ccccc2c2ccccc21)N[C@@H](Cc1ccccc1)C(=O)N[C@@H](Cc1ccccc1)C(=O)O. The maximum atomic E-state index is 13.4. The standard InChI is InChI=1S/C32H29N3O4/c36-30(21-35-28-17-9-7-15-24(28)25-16-8-10-18-29(25)35)33-26(19-22-11-3-1-4-12-22)31(37)34-27(32(38)39)20-23-13-5-2-6-14-23/h1-18,26-27H,19-21H2,(H,33,36)(H,34,37)(H,38,39)/t26-,27-/m0/s1. The van der Waals surface area contributed by atoms with Crippen LogP contribution in [0.25, 0.3) is 21.8 Å². The Morgan fingerprint density at radius 1 is 0.615 bits per heavy atom. The van der Waals surface area contributed by atoms with Gasteiger partial charge >= 0.3 is 5.97 Å². The van der Waals surface area contributed by atoms with Gasteiger partial charge in [-0.2, -0.15) is 0 Å². The van der Waals surface area contributed by atoms with Gasteiger partial charge in [0.25, 0.3) is 0 Å². The largest absolute Gasteiger partial charge is 0.480 e. The summed E-state index contributed by atoms with van der Waals surface area (Å²) in [4.78, 5) is 38.8. The van der Waals surface area contributed by atoms with Crippen molar-refractivity contribution in [2.24, 2.45) is 0 Å². The van der Waals surface area contributed by atoms with Crippen molar-refractivity contribution in [1.29, 1.82) is 0 Å². The maximum absolute atomic E-state index is 13.4. The van der Waals surface area contributed by atoms with Gasteiger partial charge in [0.05, 0.1) is 0 Å². The van der Waals surface area contributed by atoms with Crippen LogP contribution >= 0.6 is 0 Å². The van der Waals surface area contributed by atoms with Gasteiger partial charge < -0.3 is 20.3 Å². The van der Waals surface area contributed by atoms with Crippen LogP contribution in [0.3, 0.4) is 0 Å². The second-order valence-corrected chi connectivity index (χ2v) is 9.52. The summed E-state index contributed by atoms with van der Waals surface area (Å²) in [6.07, 6.45) is 0.360. The van der Waals surface area contributed by atoms with Crippen LogP contribution in [0.2, 0.25) is 0 Å². The number of aliphatic carboxylic acids is 1. The highest BCUT2D eigenvalue weighted by atomic mass is 16.4. The molecule has 0 aliphatic heterocycles. The molecule has 5 aromatic rings. The Balaban J connectivity index is 1.38. The van der Waals surface area contributed by atoms with Crippen LogP contribution < -0.4 is 10.6 Å². The lowest BCUT2D eigenvalue weighted by atomic mass is 10.0. The van der Waals surface area contributed by atoms with E-state index in [2.05, 4.69) is 10.6 Å². The summed E-state index contributed by atoms with van der Waals surface area (Å²) in [6.45, 7) is 0.0129. The highest BCUT2D eigenvalue weighted by Gasteiger charge is 2.27. The average molecular weight is 520 g/mol. The topological polar surface area (TPSA) is 100 Å². The summed E-state index contributed by atoms with van der Waals surface area (Å²) in [7, 11) is 0. The van der Waals surface area contributed by atoms with E-state index in [0.717, 1.165) is 32.9 Å². The molecule has 2 amide bonds. The lowest BCUT2D eigenvalue weighted by Gasteiger charge is -2.22. The van der Waals surface area contributed by atoms with Gasteiger partial charge in [-0.05, 0) is 23.3 Å². The zero-order valence-corrected chi connectivity index (χ0v) is 21.3. The Labute approximate surface area is 226 Å². The summed E-state index contributed by atoms with van der Waals surface area (Å²) in [5.41, 5.74) is 3.49. The van der Waals surface area contributed by atoms with E-state index in [-0.39, 0.29) is 25.3 Å². The highest BCUT2D eigenvalue weighted by molar-refractivity contribution is 6.08. The number of carbonyl (C=O) groups excluding carboxylic acids is 2. The molecule has 7 heteroatoms. The first-order valence-electron chi connectivity index (χ1n) is 12.9. The fourth-order valence-electron chi connectivity index (χ4n) is 4.94. The smallest absolute Gasteiger partial charge is 0.326 e. The summed E-state index contributed by atoms with van der Waals surface area (Å²) < 4.78 is 1.94. The monoisotopic (exact) mass is 519 g/mol. The van der Waals surface area contributed by atoms with Gasteiger partial charge in [0.2, 0.25) is 11.8 Å². The molecular formula is C32H29N3O4. The number of amides is 2. The number of carboxylic acids is 1. The number of benzene rings is 4. The predicted octanol–water partition coefficient (Wildman–Crippen LogP) is 4.33. The molecule has 7 nitrogen and oxygen atoms in total. The van der Waals surface area contributed by atoms with Crippen molar-refractivity contribution < 1.29 is 19.5 Å². The zero-order chi connectivity index (χ0) is 27.2. The van der Waals surface area contributed by atoms with E-state index in [0.29, 0.717) is 0 Å². The molecule has 0 radical (unpaired) electrons. The normalized spacial score (nSPS) is 12.6. The molecule has 0 bridgehead atoms. The minimum atomic E-state index is -1.14. The van der Waals surface area contributed by atoms with Crippen LogP contribution in [-0.2, 0) is 33.8 Å². The van der Waals surface area contributed by atoms with E-state index in [4.69, 9.17) is 0 Å². The van der Waals surface area contributed by atoms with Gasteiger partial charge in [-0.15, -0.1) is 0 Å². The molecule has 2 atom stereocenters. The first-order valence-corrected chi connectivity index (χ1v) is 12.9. The van der Waals surface area contributed by atoms with Crippen molar-refractivity contribution in [3.63, 3.8) is 0 Å². The van der Waals surface area contributed by atoms with Crippen LogP contribution in [0.4, 0.5) is 0 Å². The zero-order valence-electron chi connectivity index (χ0n) is 21.3. The molecule has 0 saturated carbocycles. The van der Waals surface area contributed by atoms with Crippen molar-refractivity contribution in [3.05, 3.63) is 120 Å². The van der Waals surface area contributed by atoms with E-state index in [9.17, 15) is 19.5 Å². The quantitative estimate of drug-likeness (QED) is 0.256. The van der Waals surface area contributed by atoms with Crippen LogP contribution in [-0.4, -0.2) is 39.5 Å². The Morgan fingerprint density at radius 3 is 1.59 bits per heavy atom. The second-order valence-electron chi connectivity index (χ2n) is 9.52. The molecule has 0 aliphatic rings. The Bertz CT molecular complexity index is 1560. The van der Waals surface area contributed by atoms with Gasteiger partial charge in [-0.25, -0.2) is 4.79 Å². The molecule has 196 valence electrons. The summed E-state index contributed by atoms with van der Waals surface area (Å²) in [6, 6.07) is 32.2. The minimum absolute atomic E-state index is 0.0129. The average Bonchev–Trinajstić information content (AvgIpc) is 3.27. The van der Waals surface area contributed by atoms with Crippen LogP contribution in [0.5, 0.6) is 0 Å². The maximum Gasteiger partial charge on any atom is 0.326 e. The van der Waals surface area contributed by atoms with E-state index < -0.39 is 24.0 Å². The molecule has 0 fully saturated rings. The summed E-state index contributed by atoms with van der Waals surface area (Å²) in [5, 5.41) is 17.4. The van der Waals surface area contributed by atoms with Crippen LogP contribution in [0, 0.1) is 0 Å². The molecule has 0 saturated heterocycles. The lowest BCUT2D eigenvalue weighted by molar-refractivity contribution is -0.142. The third-order valence-electron chi connectivity index (χ3n) is 6.81. The molecule has 0 spiro atoms. The number of hydrogen-bond acceptors (Lipinski definition) is 3. The molecule has 5 rings (SSSR count). The van der Waals surface area contributed by atoms with Gasteiger partial charge in [-0.3, -0.25) is 9.59 Å². The number of fused-ring (bicyclic) bond motifs is 3. The van der Waals surface area contributed by atoms with Crippen molar-refractivity contribution in [1.82, 2.24) is 15.2 Å². The number of aromatic nitrogens is 1. The van der Waals surface area contributed by atoms with Crippen molar-refractivity contribution in [2.45, 2.75) is 31.5 Å². The van der Waals surface area contributed by atoms with Crippen molar-refractivity contribution in [2.75, 3.05) is 0 Å². The lowest BCUT2D eigenvalue weighted by Crippen LogP contribution is -2.53. The fourth-order valence-corrected chi connectivity index (χ4v) is 4.94. The van der Waals surface area contributed by atoms with Gasteiger partial charge in [0.1, 0.15) is 18.6 Å². The Kier molecular flexibility index (Phi) is 7.68. The summed E-state index contributed by atoms with van der Waals surface area (Å²) >= 11 is 0. The second kappa shape index (κ2) is 11.6. The number of nitrogens with one attached hydrogen (secondary N) is 2. The molecule has 0 unspecified atom stereocenters. The molecule has 1 aromatic heterocycles. The molecule has 3 N–H and O–H groups in total. The van der Waals surface area contributed by atoms with Crippen molar-refractivity contribution >= 4 is 39.6 Å². The number of hydrogen-bond donors (Lipinski definition) is 3. The summed E-state index contributed by atoms with van der Waals surface area (Å²) in [5.74, 6) is -2.02. The fraction of sp³-hybridized carbons (Fsp3) is 0.156. The van der Waals surface area contributed by atoms with E-state index in [1.807, 2.05) is 114 Å². The number of rotatable bonds is 10. The van der Waals surface area contributed by atoms with Gasteiger partial charge in [0.15, 0.2) is 0 Å². The molecule has 39 heavy (non-hydrogen) atoms. The molecule has 1 heterocycles. The van der Waals surface area contributed by atoms with E-state index in [1.165, 1.54) is 0 Å². The first-order chi connectivity index (χ1) is 19.0. The first kappa shape index (κ1) is 25.7. The third-order valence-corrected chi connectivity index (χ3v) is 6.81. The molecule has 4 aromatic carbocycles. The molecular weight excluding hydrogens is 490 g/mol.